The van der Waals surface area contributed by atoms with Crippen molar-refractivity contribution in [2.75, 3.05) is 5.75 Å². The molecule has 6 rings (SSSR count). The number of pyridine rings is 1. The molecule has 1 heterocycles. The Morgan fingerprint density at radius 2 is 1.87 bits per heavy atom. The molecule has 2 N–H and O–H groups in total. The van der Waals surface area contributed by atoms with Gasteiger partial charge in [0.1, 0.15) is 11.1 Å². The average molecular weight is 631 g/mol. The summed E-state index contributed by atoms with van der Waals surface area (Å²) >= 11 is 1.39. The zero-order chi connectivity index (χ0) is 32.5. The number of carbonyl (C=O) groups is 1. The van der Waals surface area contributed by atoms with Crippen LogP contribution in [0.25, 0.3) is 0 Å². The Hall–Kier alpha value is -3.38. The quantitative estimate of drug-likeness (QED) is 0.169. The molecule has 4 unspecified atom stereocenters. The lowest BCUT2D eigenvalue weighted by Gasteiger charge is -2.44. The van der Waals surface area contributed by atoms with E-state index in [9.17, 15) is 29.1 Å². The first kappa shape index (κ1) is 33.0. The van der Waals surface area contributed by atoms with Crippen LogP contribution in [0.4, 0.5) is 8.78 Å². The standard InChI is InChI=1S/C37H40F2N2O3S/c1-22-6-5-14-36(4)31(13-15-37(36,44)21-45-35-30(20-40)23(2)16-24(3)41-35)28-11-8-25(17-27(42)10-7-22)18-29(28)34(43)26-9-12-32(38)33(39)19-26/h6,8-9,11-12,16,18-19,27,31,42,44H,5,7,10,13-15,17,21H2,1-4H3. The van der Waals surface area contributed by atoms with Gasteiger partial charge < -0.3 is 10.2 Å². The number of aryl methyl sites for hydroxylation is 2. The molecule has 5 nitrogen and oxygen atoms in total. The van der Waals surface area contributed by atoms with E-state index in [-0.39, 0.29) is 11.5 Å². The fraction of sp³-hybridized carbons (Fsp3) is 0.432. The molecule has 0 spiro atoms. The minimum absolute atomic E-state index is 0.0444. The largest absolute Gasteiger partial charge is 0.393 e. The molecule has 0 aliphatic heterocycles. The second-order valence-corrected chi connectivity index (χ2v) is 14.0. The Labute approximate surface area is 268 Å². The number of aliphatic hydroxyl groups is 2. The molecular formula is C37H40F2N2O3S. The highest BCUT2D eigenvalue weighted by Gasteiger charge is 2.56. The van der Waals surface area contributed by atoms with E-state index in [2.05, 4.69) is 31.0 Å². The number of rotatable bonds is 5. The minimum Gasteiger partial charge on any atom is -0.393 e. The van der Waals surface area contributed by atoms with Gasteiger partial charge in [0.15, 0.2) is 17.4 Å². The summed E-state index contributed by atoms with van der Waals surface area (Å²) in [6.45, 7) is 7.93. The van der Waals surface area contributed by atoms with Crippen molar-refractivity contribution in [2.45, 2.75) is 95.3 Å². The van der Waals surface area contributed by atoms with Gasteiger partial charge in [0.25, 0.3) is 0 Å². The number of aromatic nitrogens is 1. The highest BCUT2D eigenvalue weighted by molar-refractivity contribution is 7.99. The van der Waals surface area contributed by atoms with Gasteiger partial charge in [-0.3, -0.25) is 4.79 Å². The Bertz CT molecular complexity index is 1700. The SMILES string of the molecule is CC1=CCCC2(C)C(CCC2(O)CSc2nc(C)cc(C)c2C#N)c2ccc(cc2C(=O)c2ccc(F)c(F)c2)CC(O)CC1. The maximum Gasteiger partial charge on any atom is 0.193 e. The van der Waals surface area contributed by atoms with Crippen LogP contribution in [0.3, 0.4) is 0 Å². The van der Waals surface area contributed by atoms with E-state index in [1.807, 2.05) is 32.0 Å². The maximum absolute atomic E-state index is 14.3. The summed E-state index contributed by atoms with van der Waals surface area (Å²) in [5.41, 5.74) is 3.49. The van der Waals surface area contributed by atoms with Crippen LogP contribution >= 0.6 is 11.8 Å². The Morgan fingerprint density at radius 1 is 1.09 bits per heavy atom. The number of hydrogen-bond acceptors (Lipinski definition) is 6. The van der Waals surface area contributed by atoms with Crippen LogP contribution in [0.15, 0.2) is 59.1 Å². The van der Waals surface area contributed by atoms with Crippen molar-refractivity contribution in [1.82, 2.24) is 4.98 Å². The Balaban J connectivity index is 1.60. The van der Waals surface area contributed by atoms with E-state index < -0.39 is 34.5 Å². The van der Waals surface area contributed by atoms with Crippen LogP contribution in [-0.2, 0) is 6.42 Å². The van der Waals surface area contributed by atoms with Crippen LogP contribution in [0.5, 0.6) is 0 Å². The highest BCUT2D eigenvalue weighted by atomic mass is 32.2. The van der Waals surface area contributed by atoms with Crippen LogP contribution < -0.4 is 0 Å². The third-order valence-corrected chi connectivity index (χ3v) is 11.2. The summed E-state index contributed by atoms with van der Waals surface area (Å²) in [7, 11) is 0. The number of thioether (sulfide) groups is 1. The smallest absolute Gasteiger partial charge is 0.193 e. The summed E-state index contributed by atoms with van der Waals surface area (Å²) in [6, 6.07) is 13.0. The molecule has 45 heavy (non-hydrogen) atoms. The lowest BCUT2D eigenvalue weighted by atomic mass is 9.65. The van der Waals surface area contributed by atoms with Gasteiger partial charge in [-0.2, -0.15) is 5.26 Å². The molecule has 2 bridgehead atoms. The molecule has 2 aromatic carbocycles. The van der Waals surface area contributed by atoms with E-state index in [0.29, 0.717) is 60.4 Å². The fourth-order valence-electron chi connectivity index (χ4n) is 7.20. The molecular weight excluding hydrogens is 590 g/mol. The third-order valence-electron chi connectivity index (χ3n) is 9.97. The lowest BCUT2D eigenvalue weighted by molar-refractivity contribution is -0.0422. The second kappa shape index (κ2) is 13.2. The molecule has 1 fully saturated rings. The number of benzene rings is 2. The normalized spacial score (nSPS) is 25.3. The van der Waals surface area contributed by atoms with Crippen LogP contribution in [0.1, 0.15) is 102 Å². The molecule has 0 saturated heterocycles. The zero-order valence-corrected chi connectivity index (χ0v) is 27.1. The van der Waals surface area contributed by atoms with E-state index in [1.165, 1.54) is 23.4 Å². The molecule has 3 aromatic rings. The fourth-order valence-corrected chi connectivity index (χ4v) is 8.61. The predicted molar refractivity (Wildman–Crippen MR) is 172 cm³/mol. The molecule has 236 valence electrons. The highest BCUT2D eigenvalue weighted by Crippen LogP contribution is 2.59. The summed E-state index contributed by atoms with van der Waals surface area (Å²) < 4.78 is 28.0. The van der Waals surface area contributed by atoms with Gasteiger partial charge >= 0.3 is 0 Å². The second-order valence-electron chi connectivity index (χ2n) is 13.1. The van der Waals surface area contributed by atoms with Crippen LogP contribution in [0.2, 0.25) is 0 Å². The molecule has 0 amide bonds. The number of fused-ring (bicyclic) bond motifs is 8. The van der Waals surface area contributed by atoms with Gasteiger partial charge in [-0.15, -0.1) is 11.8 Å². The van der Waals surface area contributed by atoms with Crippen molar-refractivity contribution in [3.8, 4) is 6.07 Å². The van der Waals surface area contributed by atoms with Gasteiger partial charge in [-0.1, -0.05) is 30.7 Å². The summed E-state index contributed by atoms with van der Waals surface area (Å²) in [6.07, 6.45) is 5.69. The van der Waals surface area contributed by atoms with E-state index in [0.717, 1.165) is 40.9 Å². The Morgan fingerprint density at radius 3 is 2.60 bits per heavy atom. The number of ketones is 1. The monoisotopic (exact) mass is 630 g/mol. The first-order valence-corrected chi connectivity index (χ1v) is 16.5. The van der Waals surface area contributed by atoms with Gasteiger partial charge in [0, 0.05) is 28.0 Å². The number of allylic oxidation sites excluding steroid dienone is 2. The van der Waals surface area contributed by atoms with Crippen LogP contribution in [0, 0.1) is 42.2 Å². The van der Waals surface area contributed by atoms with E-state index >= 15 is 0 Å². The van der Waals surface area contributed by atoms with E-state index in [1.54, 1.807) is 6.07 Å². The molecule has 3 aliphatic rings. The zero-order valence-electron chi connectivity index (χ0n) is 26.3. The number of nitrogens with zero attached hydrogens (tertiary/aromatic N) is 2. The molecule has 1 aromatic heterocycles. The summed E-state index contributed by atoms with van der Waals surface area (Å²) in [5, 5.41) is 33.8. The molecule has 8 heteroatoms. The Kier molecular flexibility index (Phi) is 9.65. The average Bonchev–Trinajstić information content (AvgIpc) is 3.25. The molecule has 3 aliphatic carbocycles. The van der Waals surface area contributed by atoms with Crippen molar-refractivity contribution < 1.29 is 23.8 Å². The third kappa shape index (κ3) is 6.63. The van der Waals surface area contributed by atoms with Gasteiger partial charge in [-0.05, 0) is 119 Å². The summed E-state index contributed by atoms with van der Waals surface area (Å²) in [4.78, 5) is 18.6. The van der Waals surface area contributed by atoms with Gasteiger partial charge in [-0.25, -0.2) is 13.8 Å². The molecule has 0 radical (unpaired) electrons. The minimum atomic E-state index is -1.15. The number of hydrogen-bond donors (Lipinski definition) is 2. The maximum atomic E-state index is 14.3. The van der Waals surface area contributed by atoms with Crippen molar-refractivity contribution in [3.05, 3.63) is 105 Å². The topological polar surface area (TPSA) is 94.2 Å². The number of nitriles is 1. The van der Waals surface area contributed by atoms with E-state index in [4.69, 9.17) is 0 Å². The first-order chi connectivity index (χ1) is 21.3. The predicted octanol–water partition coefficient (Wildman–Crippen LogP) is 7.91. The first-order valence-electron chi connectivity index (χ1n) is 15.5. The number of carbonyl (C=O) groups excluding carboxylic acids is 1. The van der Waals surface area contributed by atoms with Crippen LogP contribution in [-0.4, -0.2) is 38.4 Å². The van der Waals surface area contributed by atoms with Crippen molar-refractivity contribution in [3.63, 3.8) is 0 Å². The van der Waals surface area contributed by atoms with Crippen molar-refractivity contribution >= 4 is 17.5 Å². The molecule has 4 atom stereocenters. The number of halogens is 2. The van der Waals surface area contributed by atoms with Crippen molar-refractivity contribution in [2.24, 2.45) is 5.41 Å². The summed E-state index contributed by atoms with van der Waals surface area (Å²) in [5.74, 6) is -2.43. The van der Waals surface area contributed by atoms with Gasteiger partial charge in [0.2, 0.25) is 0 Å². The molecule has 1 saturated carbocycles. The number of aliphatic hydroxyl groups excluding tert-OH is 1. The van der Waals surface area contributed by atoms with Gasteiger partial charge in [0.05, 0.1) is 17.3 Å². The lowest BCUT2D eigenvalue weighted by Crippen LogP contribution is -2.46. The van der Waals surface area contributed by atoms with Crippen molar-refractivity contribution in [1.29, 1.82) is 5.26 Å².